The Morgan fingerprint density at radius 1 is 1.35 bits per heavy atom. The lowest BCUT2D eigenvalue weighted by Crippen LogP contribution is -2.15. The largest absolute Gasteiger partial charge is 0.478 e. The SMILES string of the molecule is CC(=CCCC(O)Oc1c(Br)cc(Br)cc1Br)C(=O)O. The van der Waals surface area contributed by atoms with Crippen molar-refractivity contribution in [3.8, 4) is 5.75 Å². The number of halogens is 3. The smallest absolute Gasteiger partial charge is 0.330 e. The lowest BCUT2D eigenvalue weighted by atomic mass is 10.2. The fourth-order valence-corrected chi connectivity index (χ4v) is 3.81. The Bertz CT molecular complexity index is 505. The number of benzene rings is 1. The van der Waals surface area contributed by atoms with Crippen molar-refractivity contribution in [2.75, 3.05) is 0 Å². The second-order valence-corrected chi connectivity index (χ2v) is 6.67. The molecule has 1 unspecified atom stereocenters. The van der Waals surface area contributed by atoms with E-state index >= 15 is 0 Å². The van der Waals surface area contributed by atoms with Crippen LogP contribution in [0.1, 0.15) is 19.8 Å². The van der Waals surface area contributed by atoms with Crippen LogP contribution in [0.25, 0.3) is 0 Å². The quantitative estimate of drug-likeness (QED) is 0.473. The zero-order chi connectivity index (χ0) is 15.3. The topological polar surface area (TPSA) is 66.8 Å². The Balaban J connectivity index is 2.61. The first kappa shape index (κ1) is 17.7. The van der Waals surface area contributed by atoms with E-state index in [0.29, 0.717) is 27.5 Å². The third-order valence-corrected chi connectivity index (χ3v) is 4.05. The molecule has 0 fully saturated rings. The third-order valence-electron chi connectivity index (χ3n) is 2.42. The average molecular weight is 473 g/mol. The van der Waals surface area contributed by atoms with E-state index in [-0.39, 0.29) is 5.57 Å². The molecule has 1 atom stereocenters. The summed E-state index contributed by atoms with van der Waals surface area (Å²) in [6.07, 6.45) is 1.27. The van der Waals surface area contributed by atoms with Gasteiger partial charge in [-0.1, -0.05) is 22.0 Å². The van der Waals surface area contributed by atoms with Crippen LogP contribution in [-0.4, -0.2) is 22.5 Å². The van der Waals surface area contributed by atoms with Gasteiger partial charge < -0.3 is 14.9 Å². The number of aliphatic carboxylic acids is 1. The molecule has 0 aliphatic carbocycles. The van der Waals surface area contributed by atoms with Gasteiger partial charge in [0.2, 0.25) is 0 Å². The molecular formula is C13H13Br3O4. The monoisotopic (exact) mass is 470 g/mol. The Labute approximate surface area is 142 Å². The number of ether oxygens (including phenoxy) is 1. The Morgan fingerprint density at radius 2 is 1.90 bits per heavy atom. The van der Waals surface area contributed by atoms with Crippen molar-refractivity contribution < 1.29 is 19.7 Å². The van der Waals surface area contributed by atoms with Crippen LogP contribution in [0.4, 0.5) is 0 Å². The molecule has 0 aliphatic rings. The van der Waals surface area contributed by atoms with Crippen LogP contribution in [0.3, 0.4) is 0 Å². The fourth-order valence-electron chi connectivity index (χ4n) is 1.37. The standard InChI is InChI=1S/C13H13Br3O4/c1-7(13(18)19)3-2-4-11(17)20-12-9(15)5-8(14)6-10(12)16/h3,5-6,11,17H,2,4H2,1H3,(H,18,19). The summed E-state index contributed by atoms with van der Waals surface area (Å²) in [7, 11) is 0. The molecule has 7 heteroatoms. The first-order valence-corrected chi connectivity index (χ1v) is 8.08. The van der Waals surface area contributed by atoms with Crippen LogP contribution < -0.4 is 4.74 Å². The number of hydrogen-bond acceptors (Lipinski definition) is 3. The predicted octanol–water partition coefficient (Wildman–Crippen LogP) is 4.48. The van der Waals surface area contributed by atoms with Gasteiger partial charge in [-0.25, -0.2) is 4.79 Å². The van der Waals surface area contributed by atoms with Crippen LogP contribution in [0.15, 0.2) is 37.2 Å². The van der Waals surface area contributed by atoms with Crippen molar-refractivity contribution >= 4 is 53.8 Å². The zero-order valence-corrected chi connectivity index (χ0v) is 15.3. The summed E-state index contributed by atoms with van der Waals surface area (Å²) in [5, 5.41) is 18.5. The molecule has 0 radical (unpaired) electrons. The van der Waals surface area contributed by atoms with Gasteiger partial charge in [-0.05, 0) is 57.3 Å². The van der Waals surface area contributed by atoms with Gasteiger partial charge in [0, 0.05) is 16.5 Å². The fraction of sp³-hybridized carbons (Fsp3) is 0.308. The van der Waals surface area contributed by atoms with Gasteiger partial charge in [0.1, 0.15) is 0 Å². The van der Waals surface area contributed by atoms with Gasteiger partial charge >= 0.3 is 5.97 Å². The maximum absolute atomic E-state index is 10.6. The molecule has 0 aromatic heterocycles. The van der Waals surface area contributed by atoms with Crippen LogP contribution >= 0.6 is 47.8 Å². The molecule has 0 saturated carbocycles. The summed E-state index contributed by atoms with van der Waals surface area (Å²) < 4.78 is 7.72. The molecule has 0 spiro atoms. The van der Waals surface area contributed by atoms with Crippen molar-refractivity contribution in [2.45, 2.75) is 26.1 Å². The maximum Gasteiger partial charge on any atom is 0.330 e. The highest BCUT2D eigenvalue weighted by Crippen LogP contribution is 2.37. The minimum Gasteiger partial charge on any atom is -0.478 e. The van der Waals surface area contributed by atoms with Gasteiger partial charge in [-0.2, -0.15) is 0 Å². The van der Waals surface area contributed by atoms with E-state index in [1.807, 2.05) is 0 Å². The number of aliphatic hydroxyl groups excluding tert-OH is 1. The predicted molar refractivity (Wildman–Crippen MR) is 86.8 cm³/mol. The second-order valence-electron chi connectivity index (χ2n) is 4.04. The molecule has 0 saturated heterocycles. The zero-order valence-electron chi connectivity index (χ0n) is 10.6. The number of aliphatic hydroxyl groups is 1. The minimum atomic E-state index is -1.01. The highest BCUT2D eigenvalue weighted by Gasteiger charge is 2.13. The Morgan fingerprint density at radius 3 is 2.40 bits per heavy atom. The molecule has 20 heavy (non-hydrogen) atoms. The molecule has 1 aromatic carbocycles. The number of carbonyl (C=O) groups is 1. The van der Waals surface area contributed by atoms with E-state index in [1.54, 1.807) is 18.2 Å². The summed E-state index contributed by atoms with van der Waals surface area (Å²) in [5.41, 5.74) is 0.253. The molecule has 1 rings (SSSR count). The van der Waals surface area contributed by atoms with E-state index < -0.39 is 12.3 Å². The van der Waals surface area contributed by atoms with Gasteiger partial charge in [-0.15, -0.1) is 0 Å². The van der Waals surface area contributed by atoms with Crippen molar-refractivity contribution in [3.63, 3.8) is 0 Å². The third kappa shape index (κ3) is 5.55. The first-order valence-electron chi connectivity index (χ1n) is 5.70. The summed E-state index contributed by atoms with van der Waals surface area (Å²) in [6.45, 7) is 1.51. The number of allylic oxidation sites excluding steroid dienone is 1. The molecule has 0 heterocycles. The van der Waals surface area contributed by atoms with Gasteiger partial charge in [0.15, 0.2) is 12.0 Å². The van der Waals surface area contributed by atoms with Crippen molar-refractivity contribution in [2.24, 2.45) is 0 Å². The van der Waals surface area contributed by atoms with Gasteiger partial charge in [0.25, 0.3) is 0 Å². The van der Waals surface area contributed by atoms with Crippen molar-refractivity contribution in [1.29, 1.82) is 0 Å². The molecule has 110 valence electrons. The lowest BCUT2D eigenvalue weighted by Gasteiger charge is -2.15. The number of carboxylic acid groups (broad SMARTS) is 1. The van der Waals surface area contributed by atoms with Crippen molar-refractivity contribution in [3.05, 3.63) is 37.2 Å². The summed E-state index contributed by atoms with van der Waals surface area (Å²) in [5.74, 6) is -0.460. The lowest BCUT2D eigenvalue weighted by molar-refractivity contribution is -0.132. The Kier molecular flexibility index (Phi) is 7.22. The van der Waals surface area contributed by atoms with Gasteiger partial charge in [0.05, 0.1) is 8.95 Å². The summed E-state index contributed by atoms with van der Waals surface area (Å²) >= 11 is 10.0. The minimum absolute atomic E-state index is 0.253. The molecule has 2 N–H and O–H groups in total. The first-order chi connectivity index (χ1) is 9.31. The molecule has 0 aliphatic heterocycles. The van der Waals surface area contributed by atoms with E-state index in [1.165, 1.54) is 6.92 Å². The normalized spacial score (nSPS) is 13.2. The summed E-state index contributed by atoms with van der Waals surface area (Å²) in [6, 6.07) is 3.61. The number of rotatable bonds is 6. The van der Waals surface area contributed by atoms with E-state index in [9.17, 15) is 9.90 Å². The maximum atomic E-state index is 10.6. The molecule has 0 amide bonds. The molecule has 4 nitrogen and oxygen atoms in total. The second kappa shape index (κ2) is 8.17. The van der Waals surface area contributed by atoms with Gasteiger partial charge in [-0.3, -0.25) is 0 Å². The van der Waals surface area contributed by atoms with E-state index in [0.717, 1.165) is 4.47 Å². The van der Waals surface area contributed by atoms with Crippen molar-refractivity contribution in [1.82, 2.24) is 0 Å². The van der Waals surface area contributed by atoms with E-state index in [4.69, 9.17) is 9.84 Å². The molecule has 0 bridgehead atoms. The average Bonchev–Trinajstić information content (AvgIpc) is 2.33. The van der Waals surface area contributed by atoms with Crippen LogP contribution in [0, 0.1) is 0 Å². The highest BCUT2D eigenvalue weighted by molar-refractivity contribution is 9.11. The highest BCUT2D eigenvalue weighted by atomic mass is 79.9. The van der Waals surface area contributed by atoms with Crippen LogP contribution in [-0.2, 0) is 4.79 Å². The Hall–Kier alpha value is -0.370. The molecule has 1 aromatic rings. The van der Waals surface area contributed by atoms with E-state index in [2.05, 4.69) is 47.8 Å². The molecular weight excluding hydrogens is 460 g/mol. The van der Waals surface area contributed by atoms with Crippen LogP contribution in [0.5, 0.6) is 5.75 Å². The number of hydrogen-bond donors (Lipinski definition) is 2. The summed E-state index contributed by atoms with van der Waals surface area (Å²) in [4.78, 5) is 10.6. The van der Waals surface area contributed by atoms with Crippen LogP contribution in [0.2, 0.25) is 0 Å². The number of carboxylic acids is 1.